The standard InChI is InChI=1S/C21H30O5/c1-19-7-5-13(23)9-12(19)3-4-14-15-6-8-21(26,17(25)11-22)20(15,2)10-16(24)18(14)19/h9,14-16,18,22,24,26H,3-8,10-11H2,1-2H3/t14?,15-,16?,18?,19-,20-,21-/m0/s1. The lowest BCUT2D eigenvalue weighted by atomic mass is 9.45. The van der Waals surface area contributed by atoms with Gasteiger partial charge in [0.1, 0.15) is 12.2 Å². The van der Waals surface area contributed by atoms with Crippen molar-refractivity contribution < 1.29 is 24.9 Å². The number of carbonyl (C=O) groups is 2. The van der Waals surface area contributed by atoms with Crippen LogP contribution in [0.4, 0.5) is 0 Å². The molecule has 3 fully saturated rings. The second kappa shape index (κ2) is 5.73. The zero-order valence-corrected chi connectivity index (χ0v) is 15.7. The molecule has 3 N–H and O–H groups in total. The molecule has 4 aliphatic rings. The lowest BCUT2D eigenvalue weighted by molar-refractivity contribution is -0.182. The van der Waals surface area contributed by atoms with E-state index in [-0.39, 0.29) is 29.0 Å². The number of fused-ring (bicyclic) bond motifs is 5. The van der Waals surface area contributed by atoms with Gasteiger partial charge in [-0.25, -0.2) is 0 Å². The minimum absolute atomic E-state index is 0.0697. The quantitative estimate of drug-likeness (QED) is 0.696. The average molecular weight is 362 g/mol. The molecule has 4 aliphatic carbocycles. The van der Waals surface area contributed by atoms with E-state index in [1.54, 1.807) is 6.08 Å². The van der Waals surface area contributed by atoms with Gasteiger partial charge < -0.3 is 15.3 Å². The van der Waals surface area contributed by atoms with Gasteiger partial charge in [0.25, 0.3) is 0 Å². The van der Waals surface area contributed by atoms with Gasteiger partial charge in [-0.2, -0.15) is 0 Å². The SMILES string of the molecule is C[C@]12CCC(=O)C=C1CCC1C2C(O)C[C@@]2(C)[C@H]1CC[C@]2(O)C(=O)CO. The van der Waals surface area contributed by atoms with Crippen molar-refractivity contribution in [2.24, 2.45) is 28.6 Å². The van der Waals surface area contributed by atoms with Crippen LogP contribution in [0.3, 0.4) is 0 Å². The molecule has 0 aromatic carbocycles. The summed E-state index contributed by atoms with van der Waals surface area (Å²) in [5, 5.41) is 31.7. The van der Waals surface area contributed by atoms with Crippen LogP contribution >= 0.6 is 0 Å². The number of rotatable bonds is 2. The molecule has 3 saturated carbocycles. The molecule has 0 heterocycles. The van der Waals surface area contributed by atoms with Gasteiger partial charge in [-0.15, -0.1) is 0 Å². The second-order valence-electron chi connectivity index (χ2n) is 9.56. The molecule has 0 saturated heterocycles. The third-order valence-electron chi connectivity index (χ3n) is 8.65. The van der Waals surface area contributed by atoms with Crippen LogP contribution in [0.2, 0.25) is 0 Å². The van der Waals surface area contributed by atoms with E-state index in [4.69, 9.17) is 0 Å². The van der Waals surface area contributed by atoms with Crippen molar-refractivity contribution in [1.82, 2.24) is 0 Å². The molecule has 0 aromatic rings. The number of hydrogen-bond acceptors (Lipinski definition) is 5. The predicted octanol–water partition coefficient (Wildman–Crippen LogP) is 1.78. The molecular weight excluding hydrogens is 332 g/mol. The van der Waals surface area contributed by atoms with E-state index >= 15 is 0 Å². The topological polar surface area (TPSA) is 94.8 Å². The first-order valence-corrected chi connectivity index (χ1v) is 9.96. The number of allylic oxidation sites excluding steroid dienone is 1. The molecule has 0 aliphatic heterocycles. The van der Waals surface area contributed by atoms with E-state index in [0.29, 0.717) is 19.3 Å². The van der Waals surface area contributed by atoms with Crippen molar-refractivity contribution in [3.63, 3.8) is 0 Å². The van der Waals surface area contributed by atoms with E-state index in [1.807, 2.05) is 6.92 Å². The molecule has 7 atom stereocenters. The molecule has 0 amide bonds. The van der Waals surface area contributed by atoms with Crippen LogP contribution in [0.1, 0.15) is 58.8 Å². The van der Waals surface area contributed by atoms with Crippen LogP contribution in [0.5, 0.6) is 0 Å². The van der Waals surface area contributed by atoms with Gasteiger partial charge in [-0.1, -0.05) is 19.4 Å². The molecule has 5 heteroatoms. The summed E-state index contributed by atoms with van der Waals surface area (Å²) < 4.78 is 0. The minimum atomic E-state index is -1.54. The molecule has 5 nitrogen and oxygen atoms in total. The first-order chi connectivity index (χ1) is 12.2. The summed E-state index contributed by atoms with van der Waals surface area (Å²) in [6.45, 7) is 3.46. The fourth-order valence-electron chi connectivity index (χ4n) is 7.28. The highest BCUT2D eigenvalue weighted by atomic mass is 16.3. The molecule has 4 rings (SSSR count). The van der Waals surface area contributed by atoms with Crippen LogP contribution in [0.25, 0.3) is 0 Å². The summed E-state index contributed by atoms with van der Waals surface area (Å²) in [5.74, 6) is 0.140. The van der Waals surface area contributed by atoms with Crippen molar-refractivity contribution in [2.75, 3.05) is 6.61 Å². The maximum atomic E-state index is 12.4. The third-order valence-corrected chi connectivity index (χ3v) is 8.65. The normalized spacial score (nSPS) is 50.5. The van der Waals surface area contributed by atoms with Crippen LogP contribution in [-0.4, -0.2) is 45.2 Å². The first-order valence-electron chi connectivity index (χ1n) is 9.96. The minimum Gasteiger partial charge on any atom is -0.393 e. The molecule has 0 aromatic heterocycles. The van der Waals surface area contributed by atoms with Gasteiger partial charge in [0, 0.05) is 11.8 Å². The number of carbonyl (C=O) groups excluding carboxylic acids is 2. The Bertz CT molecular complexity index is 684. The van der Waals surface area contributed by atoms with Gasteiger partial charge in [0.2, 0.25) is 0 Å². The van der Waals surface area contributed by atoms with Crippen molar-refractivity contribution in [1.29, 1.82) is 0 Å². The van der Waals surface area contributed by atoms with E-state index in [9.17, 15) is 24.9 Å². The van der Waals surface area contributed by atoms with E-state index < -0.39 is 29.5 Å². The Hall–Kier alpha value is -1.04. The van der Waals surface area contributed by atoms with E-state index in [0.717, 1.165) is 25.7 Å². The maximum absolute atomic E-state index is 12.4. The number of hydrogen-bond donors (Lipinski definition) is 3. The summed E-state index contributed by atoms with van der Waals surface area (Å²) in [4.78, 5) is 24.3. The van der Waals surface area contributed by atoms with Crippen molar-refractivity contribution in [3.05, 3.63) is 11.6 Å². The van der Waals surface area contributed by atoms with Crippen LogP contribution in [0, 0.1) is 28.6 Å². The number of aliphatic hydroxyl groups is 3. The number of aliphatic hydroxyl groups excluding tert-OH is 2. The summed E-state index contributed by atoms with van der Waals surface area (Å²) >= 11 is 0. The van der Waals surface area contributed by atoms with Gasteiger partial charge >= 0.3 is 0 Å². The molecule has 0 spiro atoms. The molecular formula is C21H30O5. The highest BCUT2D eigenvalue weighted by molar-refractivity contribution is 5.91. The van der Waals surface area contributed by atoms with Crippen molar-refractivity contribution >= 4 is 11.6 Å². The molecule has 3 unspecified atom stereocenters. The van der Waals surface area contributed by atoms with Crippen LogP contribution in [-0.2, 0) is 9.59 Å². The monoisotopic (exact) mass is 362 g/mol. The maximum Gasteiger partial charge on any atom is 0.190 e. The highest BCUT2D eigenvalue weighted by Gasteiger charge is 2.68. The van der Waals surface area contributed by atoms with E-state index in [2.05, 4.69) is 6.92 Å². The lowest BCUT2D eigenvalue weighted by Crippen LogP contribution is -2.62. The summed E-state index contributed by atoms with van der Waals surface area (Å²) in [5.41, 5.74) is -1.23. The third kappa shape index (κ3) is 2.14. The zero-order chi connectivity index (χ0) is 18.9. The zero-order valence-electron chi connectivity index (χ0n) is 15.7. The fourth-order valence-corrected chi connectivity index (χ4v) is 7.28. The largest absolute Gasteiger partial charge is 0.393 e. The number of Topliss-reactive ketones (excluding diaryl/α,β-unsaturated/α-hetero) is 1. The Labute approximate surface area is 154 Å². The highest BCUT2D eigenvalue weighted by Crippen LogP contribution is 2.67. The van der Waals surface area contributed by atoms with Gasteiger partial charge in [-0.3, -0.25) is 9.59 Å². The van der Waals surface area contributed by atoms with Gasteiger partial charge in [-0.05, 0) is 67.8 Å². The summed E-state index contributed by atoms with van der Waals surface area (Å²) in [7, 11) is 0. The lowest BCUT2D eigenvalue weighted by Gasteiger charge is -2.60. The second-order valence-corrected chi connectivity index (χ2v) is 9.56. The summed E-state index contributed by atoms with van der Waals surface area (Å²) in [6.07, 6.45) is 5.74. The Morgan fingerprint density at radius 3 is 2.65 bits per heavy atom. The molecule has 144 valence electrons. The Balaban J connectivity index is 1.74. The smallest absolute Gasteiger partial charge is 0.190 e. The number of ketones is 2. The average Bonchev–Trinajstić information content (AvgIpc) is 2.86. The molecule has 0 bridgehead atoms. The first kappa shape index (κ1) is 18.3. The Kier molecular flexibility index (Phi) is 4.04. The van der Waals surface area contributed by atoms with Crippen molar-refractivity contribution in [3.8, 4) is 0 Å². The molecule has 26 heavy (non-hydrogen) atoms. The van der Waals surface area contributed by atoms with Crippen molar-refractivity contribution in [2.45, 2.75) is 70.5 Å². The van der Waals surface area contributed by atoms with Gasteiger partial charge in [0.15, 0.2) is 11.6 Å². The van der Waals surface area contributed by atoms with E-state index in [1.165, 1.54) is 5.57 Å². The van der Waals surface area contributed by atoms with Crippen LogP contribution in [0.15, 0.2) is 11.6 Å². The fraction of sp³-hybridized carbons (Fsp3) is 0.810. The van der Waals surface area contributed by atoms with Gasteiger partial charge in [0.05, 0.1) is 6.10 Å². The van der Waals surface area contributed by atoms with Crippen LogP contribution < -0.4 is 0 Å². The predicted molar refractivity (Wildman–Crippen MR) is 95.1 cm³/mol. The Morgan fingerprint density at radius 1 is 1.23 bits per heavy atom. The Morgan fingerprint density at radius 2 is 1.96 bits per heavy atom. The summed E-state index contributed by atoms with van der Waals surface area (Å²) in [6, 6.07) is 0. The molecule has 0 radical (unpaired) electrons.